The molecule has 4 nitrogen and oxygen atoms in total. The third-order valence-electron chi connectivity index (χ3n) is 4.70. The molecule has 3 aromatic rings. The highest BCUT2D eigenvalue weighted by Crippen LogP contribution is 2.26. The molecule has 0 bridgehead atoms. The molecule has 2 aromatic carbocycles. The van der Waals surface area contributed by atoms with E-state index in [1.165, 1.54) is 0 Å². The number of benzene rings is 2. The molecule has 1 aliphatic rings. The van der Waals surface area contributed by atoms with Crippen LogP contribution in [-0.2, 0) is 11.3 Å². The van der Waals surface area contributed by atoms with Crippen LogP contribution in [0.5, 0.6) is 0 Å². The quantitative estimate of drug-likeness (QED) is 0.526. The van der Waals surface area contributed by atoms with Crippen LogP contribution in [0.3, 0.4) is 0 Å². The van der Waals surface area contributed by atoms with Gasteiger partial charge in [0, 0.05) is 40.3 Å². The van der Waals surface area contributed by atoms with Crippen molar-refractivity contribution in [1.29, 1.82) is 5.26 Å². The number of para-hydroxylation sites is 1. The number of hydrogen-bond donors (Lipinski definition) is 1. The standard InChI is InChI=1S/C22H18ClN3O/c23-20-7-3-1-5-15(20)13-26-14-17(19-6-2-4-8-21(19)26)11-16(12-24)22(27)25-18-9-10-18/h1-8,11,14,18H,9-10,13H2,(H,25,27)/b16-11+. The molecule has 0 saturated heterocycles. The van der Waals surface area contributed by atoms with Crippen molar-refractivity contribution in [3.05, 3.63) is 76.5 Å². The molecule has 134 valence electrons. The van der Waals surface area contributed by atoms with E-state index in [2.05, 4.69) is 9.88 Å². The Bertz CT molecular complexity index is 1090. The summed E-state index contributed by atoms with van der Waals surface area (Å²) in [5.41, 5.74) is 3.02. The molecule has 0 atom stereocenters. The van der Waals surface area contributed by atoms with Crippen molar-refractivity contribution in [3.8, 4) is 6.07 Å². The van der Waals surface area contributed by atoms with Gasteiger partial charge in [-0.1, -0.05) is 48.0 Å². The smallest absolute Gasteiger partial charge is 0.262 e. The zero-order valence-corrected chi connectivity index (χ0v) is 15.4. The SMILES string of the molecule is N#C/C(=C\c1cn(Cc2ccccc2Cl)c2ccccc12)C(=O)NC1CC1. The van der Waals surface area contributed by atoms with Crippen LogP contribution < -0.4 is 5.32 Å². The van der Waals surface area contributed by atoms with Crippen molar-refractivity contribution < 1.29 is 4.79 Å². The number of nitrogens with one attached hydrogen (secondary N) is 1. The maximum Gasteiger partial charge on any atom is 0.262 e. The molecule has 27 heavy (non-hydrogen) atoms. The fourth-order valence-electron chi connectivity index (χ4n) is 3.13. The fraction of sp³-hybridized carbons (Fsp3) is 0.182. The molecule has 4 rings (SSSR count). The molecule has 0 unspecified atom stereocenters. The number of nitriles is 1. The molecule has 1 aromatic heterocycles. The highest BCUT2D eigenvalue weighted by atomic mass is 35.5. The van der Waals surface area contributed by atoms with Crippen molar-refractivity contribution >= 4 is 34.5 Å². The number of amides is 1. The van der Waals surface area contributed by atoms with Gasteiger partial charge < -0.3 is 9.88 Å². The lowest BCUT2D eigenvalue weighted by Gasteiger charge is -2.07. The van der Waals surface area contributed by atoms with E-state index in [1.54, 1.807) is 6.08 Å². The lowest BCUT2D eigenvalue weighted by atomic mass is 10.1. The fourth-order valence-corrected chi connectivity index (χ4v) is 3.32. The number of rotatable bonds is 5. The topological polar surface area (TPSA) is 57.8 Å². The zero-order chi connectivity index (χ0) is 18.8. The van der Waals surface area contributed by atoms with Crippen molar-refractivity contribution in [1.82, 2.24) is 9.88 Å². The number of halogens is 1. The van der Waals surface area contributed by atoms with Gasteiger partial charge in [0.15, 0.2) is 0 Å². The molecular weight excluding hydrogens is 358 g/mol. The second-order valence-corrected chi connectivity index (χ2v) is 7.15. The lowest BCUT2D eigenvalue weighted by molar-refractivity contribution is -0.117. The molecule has 0 radical (unpaired) electrons. The van der Waals surface area contributed by atoms with Crippen LogP contribution in [-0.4, -0.2) is 16.5 Å². The van der Waals surface area contributed by atoms with Gasteiger partial charge in [-0.15, -0.1) is 0 Å². The molecule has 0 spiro atoms. The lowest BCUT2D eigenvalue weighted by Crippen LogP contribution is -2.26. The molecular formula is C22H18ClN3O. The summed E-state index contributed by atoms with van der Waals surface area (Å²) in [7, 11) is 0. The van der Waals surface area contributed by atoms with Crippen LogP contribution in [0.2, 0.25) is 5.02 Å². The Kier molecular flexibility index (Phi) is 4.70. The van der Waals surface area contributed by atoms with Crippen LogP contribution >= 0.6 is 11.6 Å². The van der Waals surface area contributed by atoms with Gasteiger partial charge in [-0.05, 0) is 36.6 Å². The number of hydrogen-bond acceptors (Lipinski definition) is 2. The number of aromatic nitrogens is 1. The van der Waals surface area contributed by atoms with Crippen LogP contribution in [0, 0.1) is 11.3 Å². The van der Waals surface area contributed by atoms with Gasteiger partial charge in [-0.3, -0.25) is 4.79 Å². The summed E-state index contributed by atoms with van der Waals surface area (Å²) in [6, 6.07) is 18.0. The van der Waals surface area contributed by atoms with Gasteiger partial charge in [0.2, 0.25) is 0 Å². The third-order valence-corrected chi connectivity index (χ3v) is 5.06. The van der Waals surface area contributed by atoms with E-state index in [-0.39, 0.29) is 17.5 Å². The third kappa shape index (κ3) is 3.74. The van der Waals surface area contributed by atoms with E-state index >= 15 is 0 Å². The predicted molar refractivity (Wildman–Crippen MR) is 107 cm³/mol. The molecule has 1 fully saturated rings. The molecule has 1 saturated carbocycles. The van der Waals surface area contributed by atoms with Crippen LogP contribution in [0.1, 0.15) is 24.0 Å². The number of nitrogens with zero attached hydrogens (tertiary/aromatic N) is 2. The molecule has 1 heterocycles. The number of fused-ring (bicyclic) bond motifs is 1. The molecule has 1 amide bonds. The largest absolute Gasteiger partial charge is 0.349 e. The van der Waals surface area contributed by atoms with Crippen molar-refractivity contribution in [2.45, 2.75) is 25.4 Å². The zero-order valence-electron chi connectivity index (χ0n) is 14.7. The average Bonchev–Trinajstić information content (AvgIpc) is 3.43. The van der Waals surface area contributed by atoms with Gasteiger partial charge in [-0.2, -0.15) is 5.26 Å². The van der Waals surface area contributed by atoms with Gasteiger partial charge >= 0.3 is 0 Å². The van der Waals surface area contributed by atoms with Gasteiger partial charge in [0.1, 0.15) is 11.6 Å². The highest BCUT2D eigenvalue weighted by Gasteiger charge is 2.25. The monoisotopic (exact) mass is 375 g/mol. The second-order valence-electron chi connectivity index (χ2n) is 6.74. The minimum absolute atomic E-state index is 0.127. The highest BCUT2D eigenvalue weighted by molar-refractivity contribution is 6.31. The first-order valence-electron chi connectivity index (χ1n) is 8.89. The summed E-state index contributed by atoms with van der Waals surface area (Å²) < 4.78 is 2.09. The van der Waals surface area contributed by atoms with E-state index < -0.39 is 0 Å². The van der Waals surface area contributed by atoms with Gasteiger partial charge in [0.05, 0.1) is 0 Å². The summed E-state index contributed by atoms with van der Waals surface area (Å²) in [4.78, 5) is 12.3. The van der Waals surface area contributed by atoms with E-state index in [0.29, 0.717) is 11.6 Å². The summed E-state index contributed by atoms with van der Waals surface area (Å²) in [6.45, 7) is 0.615. The number of carbonyl (C=O) groups is 1. The first-order chi connectivity index (χ1) is 13.2. The average molecular weight is 376 g/mol. The summed E-state index contributed by atoms with van der Waals surface area (Å²) >= 11 is 6.31. The Balaban J connectivity index is 1.73. The molecule has 0 aliphatic heterocycles. The minimum Gasteiger partial charge on any atom is -0.349 e. The Morgan fingerprint density at radius 2 is 1.96 bits per heavy atom. The van der Waals surface area contributed by atoms with Gasteiger partial charge in [-0.25, -0.2) is 0 Å². The normalized spacial score (nSPS) is 14.1. The number of carbonyl (C=O) groups excluding carboxylic acids is 1. The van der Waals surface area contributed by atoms with Crippen molar-refractivity contribution in [2.75, 3.05) is 0 Å². The van der Waals surface area contributed by atoms with Crippen molar-refractivity contribution in [2.24, 2.45) is 0 Å². The Hall–Kier alpha value is -3.03. The van der Waals surface area contributed by atoms with Crippen LogP contribution in [0.25, 0.3) is 17.0 Å². The Morgan fingerprint density at radius 1 is 1.22 bits per heavy atom. The van der Waals surface area contributed by atoms with Gasteiger partial charge in [0.25, 0.3) is 5.91 Å². The molecule has 1 N–H and O–H groups in total. The maximum atomic E-state index is 12.3. The summed E-state index contributed by atoms with van der Waals surface area (Å²) in [5, 5.41) is 14.0. The Morgan fingerprint density at radius 3 is 2.70 bits per heavy atom. The molecule has 5 heteroatoms. The maximum absolute atomic E-state index is 12.3. The van der Waals surface area contributed by atoms with Crippen molar-refractivity contribution in [3.63, 3.8) is 0 Å². The van der Waals surface area contributed by atoms with E-state index in [1.807, 2.05) is 60.8 Å². The first-order valence-corrected chi connectivity index (χ1v) is 9.27. The Labute approximate surface area is 162 Å². The minimum atomic E-state index is -0.303. The predicted octanol–water partition coefficient (Wildman–Crippen LogP) is 4.53. The summed E-state index contributed by atoms with van der Waals surface area (Å²) in [5.74, 6) is -0.303. The summed E-state index contributed by atoms with van der Waals surface area (Å²) in [6.07, 6.45) is 5.61. The van der Waals surface area contributed by atoms with Crippen LogP contribution in [0.15, 0.2) is 60.3 Å². The second kappa shape index (κ2) is 7.30. The van der Waals surface area contributed by atoms with E-state index in [4.69, 9.17) is 11.6 Å². The van der Waals surface area contributed by atoms with Crippen LogP contribution in [0.4, 0.5) is 0 Å². The van der Waals surface area contributed by atoms with E-state index in [9.17, 15) is 10.1 Å². The first kappa shape index (κ1) is 17.4. The van der Waals surface area contributed by atoms with E-state index in [0.717, 1.165) is 34.9 Å². The molecule has 1 aliphatic carbocycles.